The molecule has 17 heavy (non-hydrogen) atoms. The van der Waals surface area contributed by atoms with E-state index < -0.39 is 0 Å². The van der Waals surface area contributed by atoms with E-state index in [4.69, 9.17) is 0 Å². The molecule has 2 aliphatic rings. The van der Waals surface area contributed by atoms with Gasteiger partial charge in [-0.2, -0.15) is 0 Å². The fourth-order valence-electron chi connectivity index (χ4n) is 3.34. The molecule has 1 amide bonds. The number of amides is 1. The molecule has 1 aliphatic heterocycles. The fraction of sp³-hybridized carbons (Fsp3) is 0.929. The highest BCUT2D eigenvalue weighted by molar-refractivity contribution is 5.84. The lowest BCUT2D eigenvalue weighted by Crippen LogP contribution is -2.53. The SMILES string of the molecule is CC(C)C1(C(=O)NC2(C)CCCC2)CCNC1. The van der Waals surface area contributed by atoms with Crippen LogP contribution in [-0.4, -0.2) is 24.5 Å². The second-order valence-electron chi connectivity index (χ2n) is 6.46. The molecule has 1 heterocycles. The first-order valence-corrected chi connectivity index (χ1v) is 7.02. The standard InChI is InChI=1S/C14H26N2O/c1-11(2)14(8-9-15-10-14)12(17)16-13(3)6-4-5-7-13/h11,15H,4-10H2,1-3H3,(H,16,17). The van der Waals surface area contributed by atoms with E-state index in [9.17, 15) is 4.79 Å². The summed E-state index contributed by atoms with van der Waals surface area (Å²) in [4.78, 5) is 12.6. The monoisotopic (exact) mass is 238 g/mol. The predicted molar refractivity (Wildman–Crippen MR) is 69.8 cm³/mol. The van der Waals surface area contributed by atoms with Crippen molar-refractivity contribution in [2.75, 3.05) is 13.1 Å². The lowest BCUT2D eigenvalue weighted by Gasteiger charge is -2.36. The molecule has 0 radical (unpaired) electrons. The quantitative estimate of drug-likeness (QED) is 0.790. The van der Waals surface area contributed by atoms with Gasteiger partial charge in [0.1, 0.15) is 0 Å². The molecule has 3 heteroatoms. The minimum atomic E-state index is -0.175. The van der Waals surface area contributed by atoms with E-state index in [-0.39, 0.29) is 16.9 Å². The van der Waals surface area contributed by atoms with Crippen molar-refractivity contribution in [2.45, 2.75) is 58.4 Å². The summed E-state index contributed by atoms with van der Waals surface area (Å²) in [6.45, 7) is 8.36. The van der Waals surface area contributed by atoms with Crippen LogP contribution in [-0.2, 0) is 4.79 Å². The van der Waals surface area contributed by atoms with Crippen LogP contribution in [0.25, 0.3) is 0 Å². The summed E-state index contributed by atoms with van der Waals surface area (Å²) in [6.07, 6.45) is 5.76. The Labute approximate surface area is 105 Å². The lowest BCUT2D eigenvalue weighted by molar-refractivity contribution is -0.134. The van der Waals surface area contributed by atoms with Gasteiger partial charge in [0.05, 0.1) is 5.41 Å². The maximum atomic E-state index is 12.6. The highest BCUT2D eigenvalue weighted by atomic mass is 16.2. The van der Waals surface area contributed by atoms with Crippen LogP contribution in [0.2, 0.25) is 0 Å². The molecule has 0 aromatic rings. The van der Waals surface area contributed by atoms with E-state index in [0.29, 0.717) is 5.92 Å². The van der Waals surface area contributed by atoms with Gasteiger partial charge in [0.15, 0.2) is 0 Å². The average Bonchev–Trinajstić information content (AvgIpc) is 2.86. The van der Waals surface area contributed by atoms with E-state index >= 15 is 0 Å². The zero-order valence-electron chi connectivity index (χ0n) is 11.4. The molecule has 0 aromatic carbocycles. The second kappa shape index (κ2) is 4.60. The number of rotatable bonds is 3. The van der Waals surface area contributed by atoms with Crippen LogP contribution in [0.5, 0.6) is 0 Å². The Kier molecular flexibility index (Phi) is 3.48. The summed E-state index contributed by atoms with van der Waals surface area (Å²) in [5.41, 5.74) is -0.118. The molecule has 3 nitrogen and oxygen atoms in total. The molecule has 0 aromatic heterocycles. The van der Waals surface area contributed by atoms with Crippen molar-refractivity contribution in [3.8, 4) is 0 Å². The lowest BCUT2D eigenvalue weighted by atomic mass is 9.75. The third-order valence-corrected chi connectivity index (χ3v) is 4.87. The minimum Gasteiger partial charge on any atom is -0.350 e. The third-order valence-electron chi connectivity index (χ3n) is 4.87. The van der Waals surface area contributed by atoms with E-state index in [0.717, 1.165) is 32.4 Å². The Bertz CT molecular complexity index is 287. The molecule has 1 atom stereocenters. The summed E-state index contributed by atoms with van der Waals surface area (Å²) >= 11 is 0. The molecule has 0 bridgehead atoms. The Morgan fingerprint density at radius 1 is 1.24 bits per heavy atom. The first-order valence-electron chi connectivity index (χ1n) is 7.02. The zero-order valence-corrected chi connectivity index (χ0v) is 11.4. The van der Waals surface area contributed by atoms with Gasteiger partial charge in [-0.15, -0.1) is 0 Å². The van der Waals surface area contributed by atoms with E-state index in [2.05, 4.69) is 31.4 Å². The summed E-state index contributed by atoms with van der Waals surface area (Å²) in [7, 11) is 0. The maximum Gasteiger partial charge on any atom is 0.228 e. The van der Waals surface area contributed by atoms with Crippen molar-refractivity contribution in [1.82, 2.24) is 10.6 Å². The Balaban J connectivity index is 2.07. The van der Waals surface area contributed by atoms with E-state index in [1.54, 1.807) is 0 Å². The summed E-state index contributed by atoms with van der Waals surface area (Å²) in [5.74, 6) is 0.685. The average molecular weight is 238 g/mol. The number of hydrogen-bond acceptors (Lipinski definition) is 2. The Hall–Kier alpha value is -0.570. The van der Waals surface area contributed by atoms with Gasteiger partial charge in [0.25, 0.3) is 0 Å². The van der Waals surface area contributed by atoms with Crippen molar-refractivity contribution in [1.29, 1.82) is 0 Å². The second-order valence-corrected chi connectivity index (χ2v) is 6.46. The number of carbonyl (C=O) groups excluding carboxylic acids is 1. The van der Waals surface area contributed by atoms with E-state index in [1.165, 1.54) is 12.8 Å². The first-order chi connectivity index (χ1) is 7.99. The van der Waals surface area contributed by atoms with Gasteiger partial charge in [-0.1, -0.05) is 26.7 Å². The van der Waals surface area contributed by atoms with Gasteiger partial charge < -0.3 is 10.6 Å². The number of carbonyl (C=O) groups is 1. The van der Waals surface area contributed by atoms with Crippen LogP contribution < -0.4 is 10.6 Å². The molecule has 2 fully saturated rings. The summed E-state index contributed by atoms with van der Waals surface area (Å²) < 4.78 is 0. The van der Waals surface area contributed by atoms with Crippen LogP contribution in [0.15, 0.2) is 0 Å². The van der Waals surface area contributed by atoms with Crippen LogP contribution >= 0.6 is 0 Å². The predicted octanol–water partition coefficient (Wildman–Crippen LogP) is 2.07. The summed E-state index contributed by atoms with van der Waals surface area (Å²) in [5, 5.41) is 6.69. The van der Waals surface area contributed by atoms with Crippen molar-refractivity contribution < 1.29 is 4.79 Å². The maximum absolute atomic E-state index is 12.6. The molecule has 2 N–H and O–H groups in total. The van der Waals surface area contributed by atoms with Gasteiger partial charge in [-0.25, -0.2) is 0 Å². The highest BCUT2D eigenvalue weighted by Crippen LogP contribution is 2.37. The normalized spacial score (nSPS) is 32.0. The largest absolute Gasteiger partial charge is 0.350 e. The van der Waals surface area contributed by atoms with Gasteiger partial charge >= 0.3 is 0 Å². The fourth-order valence-corrected chi connectivity index (χ4v) is 3.34. The van der Waals surface area contributed by atoms with Gasteiger partial charge in [0.2, 0.25) is 5.91 Å². The Morgan fingerprint density at radius 2 is 1.88 bits per heavy atom. The number of nitrogens with one attached hydrogen (secondary N) is 2. The molecule has 0 spiro atoms. The van der Waals surface area contributed by atoms with Crippen LogP contribution in [0.4, 0.5) is 0 Å². The molecule has 1 unspecified atom stereocenters. The topological polar surface area (TPSA) is 41.1 Å². The minimum absolute atomic E-state index is 0.0571. The summed E-state index contributed by atoms with van der Waals surface area (Å²) in [6, 6.07) is 0. The van der Waals surface area contributed by atoms with Crippen LogP contribution in [0.1, 0.15) is 52.9 Å². The van der Waals surface area contributed by atoms with Crippen molar-refractivity contribution in [3.05, 3.63) is 0 Å². The zero-order chi connectivity index (χ0) is 12.5. The molecule has 1 aliphatic carbocycles. The van der Waals surface area contributed by atoms with E-state index in [1.807, 2.05) is 0 Å². The van der Waals surface area contributed by atoms with Crippen molar-refractivity contribution in [2.24, 2.45) is 11.3 Å². The molecular formula is C14H26N2O. The van der Waals surface area contributed by atoms with Crippen LogP contribution in [0, 0.1) is 11.3 Å². The smallest absolute Gasteiger partial charge is 0.228 e. The third kappa shape index (κ3) is 2.35. The number of hydrogen-bond donors (Lipinski definition) is 2. The van der Waals surface area contributed by atoms with Crippen LogP contribution in [0.3, 0.4) is 0 Å². The molecule has 2 rings (SSSR count). The van der Waals surface area contributed by atoms with Gasteiger partial charge in [-0.05, 0) is 38.6 Å². The molecular weight excluding hydrogens is 212 g/mol. The molecule has 98 valence electrons. The van der Waals surface area contributed by atoms with Gasteiger partial charge in [-0.3, -0.25) is 4.79 Å². The molecule has 1 saturated heterocycles. The van der Waals surface area contributed by atoms with Gasteiger partial charge in [0, 0.05) is 12.1 Å². The molecule has 1 saturated carbocycles. The van der Waals surface area contributed by atoms with Crippen molar-refractivity contribution >= 4 is 5.91 Å². The van der Waals surface area contributed by atoms with Crippen molar-refractivity contribution in [3.63, 3.8) is 0 Å². The highest BCUT2D eigenvalue weighted by Gasteiger charge is 2.46. The first kappa shape index (κ1) is 12.9. The Morgan fingerprint density at radius 3 is 2.35 bits per heavy atom.